The number of carboxylic acids is 1. The Morgan fingerprint density at radius 1 is 0.923 bits per heavy atom. The van der Waals surface area contributed by atoms with Crippen molar-refractivity contribution in [3.63, 3.8) is 0 Å². The summed E-state index contributed by atoms with van der Waals surface area (Å²) in [6.45, 7) is 2.05. The number of quaternary nitrogens is 1. The molecule has 5 heterocycles. The van der Waals surface area contributed by atoms with Crippen LogP contribution in [0.1, 0.15) is 35.6 Å². The number of amides is 1. The molecule has 4 fully saturated rings. The Morgan fingerprint density at radius 3 is 2.33 bits per heavy atom. The molecule has 7 unspecified atom stereocenters. The van der Waals surface area contributed by atoms with Gasteiger partial charge in [0.1, 0.15) is 18.8 Å². The highest BCUT2D eigenvalue weighted by Crippen LogP contribution is 2.42. The Kier molecular flexibility index (Phi) is 6.84. The molecule has 39 heavy (non-hydrogen) atoms. The summed E-state index contributed by atoms with van der Waals surface area (Å²) in [7, 11) is 0. The van der Waals surface area contributed by atoms with Crippen LogP contribution in [0, 0.1) is 5.92 Å². The number of fused-ring (bicyclic) bond motifs is 4. The van der Waals surface area contributed by atoms with Gasteiger partial charge in [0, 0.05) is 25.3 Å². The smallest absolute Gasteiger partial charge is 0.411 e. The molecule has 0 radical (unpaired) electrons. The normalized spacial score (nSPS) is 37.7. The van der Waals surface area contributed by atoms with E-state index < -0.39 is 48.8 Å². The summed E-state index contributed by atoms with van der Waals surface area (Å²) in [5.41, 5.74) is 3.29. The summed E-state index contributed by atoms with van der Waals surface area (Å²) >= 11 is 0. The molecule has 208 valence electrons. The third kappa shape index (κ3) is 4.50. The summed E-state index contributed by atoms with van der Waals surface area (Å²) in [5.74, 6) is -1.25. The molecule has 0 spiro atoms. The largest absolute Gasteiger partial charge is 0.479 e. The van der Waals surface area contributed by atoms with E-state index in [2.05, 4.69) is 12.1 Å². The Hall–Kier alpha value is -3.02. The predicted molar refractivity (Wildman–Crippen MR) is 137 cm³/mol. The highest BCUT2D eigenvalue weighted by atomic mass is 16.6. The quantitative estimate of drug-likeness (QED) is 0.427. The number of aliphatic hydroxyl groups excluding tert-OH is 3. The second kappa shape index (κ2) is 10.2. The molecule has 7 rings (SSSR count). The fraction of sp³-hybridized carbons (Fsp3) is 0.517. The second-order valence-electron chi connectivity index (χ2n) is 11.3. The zero-order chi connectivity index (χ0) is 27.3. The van der Waals surface area contributed by atoms with Gasteiger partial charge in [0.15, 0.2) is 18.3 Å². The second-order valence-corrected chi connectivity index (χ2v) is 11.3. The van der Waals surface area contributed by atoms with Crippen molar-refractivity contribution in [2.75, 3.05) is 26.2 Å². The zero-order valence-corrected chi connectivity index (χ0v) is 21.6. The molecule has 10 nitrogen and oxygen atoms in total. The van der Waals surface area contributed by atoms with Crippen LogP contribution in [0.3, 0.4) is 0 Å². The van der Waals surface area contributed by atoms with Crippen LogP contribution < -0.4 is 0 Å². The van der Waals surface area contributed by atoms with Crippen molar-refractivity contribution < 1.29 is 44.0 Å². The number of aliphatic hydroxyl groups is 3. The van der Waals surface area contributed by atoms with E-state index in [1.165, 1.54) is 5.56 Å². The molecule has 5 aliphatic heterocycles. The van der Waals surface area contributed by atoms with Crippen LogP contribution in [0.15, 0.2) is 54.6 Å². The maximum Gasteiger partial charge on any atom is 0.411 e. The van der Waals surface area contributed by atoms with Gasteiger partial charge in [-0.15, -0.1) is 0 Å². The summed E-state index contributed by atoms with van der Waals surface area (Å²) in [6.07, 6.45) is -6.26. The number of aliphatic carboxylic acids is 1. The number of hydrogen-bond acceptors (Lipinski definition) is 7. The van der Waals surface area contributed by atoms with Crippen molar-refractivity contribution in [2.45, 2.75) is 62.1 Å². The van der Waals surface area contributed by atoms with Crippen LogP contribution in [0.4, 0.5) is 4.79 Å². The van der Waals surface area contributed by atoms with Crippen LogP contribution in [0.2, 0.25) is 0 Å². The third-order valence-corrected chi connectivity index (χ3v) is 9.22. The molecule has 2 aromatic rings. The lowest BCUT2D eigenvalue weighted by Crippen LogP contribution is -2.76. The van der Waals surface area contributed by atoms with Gasteiger partial charge in [0.25, 0.3) is 0 Å². The van der Waals surface area contributed by atoms with Crippen molar-refractivity contribution in [3.8, 4) is 0 Å². The number of hydrogen-bond donors (Lipinski definition) is 4. The molecular weight excluding hydrogens is 504 g/mol. The molecule has 4 N–H and O–H groups in total. The summed E-state index contributed by atoms with van der Waals surface area (Å²) in [5, 5.41) is 41.0. The monoisotopic (exact) mass is 539 g/mol. The fourth-order valence-electron chi connectivity index (χ4n) is 7.13. The summed E-state index contributed by atoms with van der Waals surface area (Å²) < 4.78 is 12.1. The topological polar surface area (TPSA) is 137 Å². The van der Waals surface area contributed by atoms with Crippen LogP contribution >= 0.6 is 0 Å². The average Bonchev–Trinajstić information content (AvgIpc) is 2.96. The van der Waals surface area contributed by atoms with Crippen molar-refractivity contribution in [1.29, 1.82) is 0 Å². The van der Waals surface area contributed by atoms with E-state index >= 15 is 0 Å². The van der Waals surface area contributed by atoms with Gasteiger partial charge in [0.2, 0.25) is 6.23 Å². The maximum absolute atomic E-state index is 13.8. The van der Waals surface area contributed by atoms with E-state index in [1.54, 1.807) is 4.90 Å². The molecule has 2 bridgehead atoms. The third-order valence-electron chi connectivity index (χ3n) is 9.22. The molecule has 2 aromatic carbocycles. The number of carbonyl (C=O) groups excluding carboxylic acids is 1. The Balaban J connectivity index is 1.24. The van der Waals surface area contributed by atoms with Crippen LogP contribution in [-0.4, -0.2) is 105 Å². The van der Waals surface area contributed by atoms with Gasteiger partial charge in [-0.1, -0.05) is 54.6 Å². The summed E-state index contributed by atoms with van der Waals surface area (Å²) in [4.78, 5) is 27.3. The van der Waals surface area contributed by atoms with E-state index in [-0.39, 0.29) is 16.4 Å². The fourth-order valence-corrected chi connectivity index (χ4v) is 7.13. The van der Waals surface area contributed by atoms with Gasteiger partial charge in [0.05, 0.1) is 19.1 Å². The van der Waals surface area contributed by atoms with Crippen molar-refractivity contribution in [2.24, 2.45) is 5.92 Å². The average molecular weight is 540 g/mol. The Labute approximate surface area is 226 Å². The molecule has 1 amide bonds. The van der Waals surface area contributed by atoms with Gasteiger partial charge < -0.3 is 29.9 Å². The lowest BCUT2D eigenvalue weighted by molar-refractivity contribution is -0.993. The van der Waals surface area contributed by atoms with Gasteiger partial charge in [-0.25, -0.2) is 9.59 Å². The molecule has 7 atom stereocenters. The van der Waals surface area contributed by atoms with Crippen LogP contribution in [0.5, 0.6) is 0 Å². The Bertz CT molecular complexity index is 1220. The highest BCUT2D eigenvalue weighted by Gasteiger charge is 2.60. The number of ether oxygens (including phenoxy) is 2. The molecular formula is C29H35N2O8+. The zero-order valence-electron chi connectivity index (χ0n) is 21.6. The number of piperidine rings is 3. The number of rotatable bonds is 4. The first-order chi connectivity index (χ1) is 18.8. The molecule has 0 aliphatic carbocycles. The van der Waals surface area contributed by atoms with E-state index in [0.29, 0.717) is 39.0 Å². The predicted octanol–water partition coefficient (Wildman–Crippen LogP) is 1.27. The van der Waals surface area contributed by atoms with E-state index in [9.17, 15) is 30.0 Å². The van der Waals surface area contributed by atoms with Crippen LogP contribution in [0.25, 0.3) is 0 Å². The van der Waals surface area contributed by atoms with Gasteiger partial charge in [-0.3, -0.25) is 9.38 Å². The first kappa shape index (κ1) is 26.2. The molecule has 5 aliphatic rings. The molecule has 4 saturated heterocycles. The van der Waals surface area contributed by atoms with Crippen molar-refractivity contribution in [1.82, 2.24) is 4.90 Å². The number of nitrogens with zero attached hydrogens (tertiary/aromatic N) is 2. The van der Waals surface area contributed by atoms with Crippen LogP contribution in [-0.2, 0) is 20.7 Å². The molecule has 0 aromatic heterocycles. The highest BCUT2D eigenvalue weighted by molar-refractivity contribution is 5.73. The van der Waals surface area contributed by atoms with Gasteiger partial charge in [-0.2, -0.15) is 0 Å². The van der Waals surface area contributed by atoms with Crippen molar-refractivity contribution in [3.05, 3.63) is 71.3 Å². The minimum absolute atomic E-state index is 0.146. The standard InChI is InChI=1S/C29H34N2O8/c32-23-24(33)26(28(35)36)39-27(25(23)34)31-14-11-18(12-15-31)21(16-31)38-29(37)30-13-10-17-6-4-5-9-20(17)22(30)19-7-2-1-3-8-19/h1-9,18,21-27,32-34H,10-16H2/p+1. The molecule has 0 saturated carbocycles. The Morgan fingerprint density at radius 2 is 1.62 bits per heavy atom. The lowest BCUT2D eigenvalue weighted by Gasteiger charge is -2.57. The first-order valence-corrected chi connectivity index (χ1v) is 13.7. The summed E-state index contributed by atoms with van der Waals surface area (Å²) in [6, 6.07) is 17.8. The van der Waals surface area contributed by atoms with Crippen molar-refractivity contribution >= 4 is 12.1 Å². The minimum Gasteiger partial charge on any atom is -0.479 e. The van der Waals surface area contributed by atoms with E-state index in [0.717, 1.165) is 17.5 Å². The van der Waals surface area contributed by atoms with E-state index in [4.69, 9.17) is 9.47 Å². The first-order valence-electron chi connectivity index (χ1n) is 13.7. The van der Waals surface area contributed by atoms with Gasteiger partial charge in [-0.05, 0) is 23.1 Å². The molecule has 10 heteroatoms. The van der Waals surface area contributed by atoms with Gasteiger partial charge >= 0.3 is 12.1 Å². The number of benzene rings is 2. The lowest BCUT2D eigenvalue weighted by atomic mass is 9.81. The number of carbonyl (C=O) groups is 2. The number of carboxylic acid groups (broad SMARTS) is 1. The maximum atomic E-state index is 13.8. The SMILES string of the molecule is O=C(O)C1OC([N+]23CCC(CC2)C(OC(=O)N2CCc4ccccc4C2c2ccccc2)C3)C(O)C(O)C1O. The minimum atomic E-state index is -1.74. The van der Waals surface area contributed by atoms with E-state index in [1.807, 2.05) is 42.5 Å².